The van der Waals surface area contributed by atoms with E-state index in [0.717, 1.165) is 37.5 Å². The van der Waals surface area contributed by atoms with E-state index in [1.807, 2.05) is 11.6 Å². The highest BCUT2D eigenvalue weighted by Gasteiger charge is 2.20. The Balaban J connectivity index is 1.42. The van der Waals surface area contributed by atoms with Crippen LogP contribution in [0.1, 0.15) is 70.0 Å². The third-order valence-electron chi connectivity index (χ3n) is 6.31. The zero-order valence-electron chi connectivity index (χ0n) is 21.3. The van der Waals surface area contributed by atoms with Crippen LogP contribution in [0, 0.1) is 6.07 Å². The molecule has 0 aromatic heterocycles. The predicted molar refractivity (Wildman–Crippen MR) is 142 cm³/mol. The van der Waals surface area contributed by atoms with E-state index < -0.39 is 15.9 Å². The van der Waals surface area contributed by atoms with Crippen molar-refractivity contribution in [3.63, 3.8) is 0 Å². The lowest BCUT2D eigenvalue weighted by Crippen LogP contribution is -2.29. The van der Waals surface area contributed by atoms with E-state index >= 15 is 0 Å². The molecule has 199 valence electrons. The van der Waals surface area contributed by atoms with Crippen molar-refractivity contribution in [3.8, 4) is 17.2 Å². The molecule has 1 amide bonds. The highest BCUT2D eigenvalue weighted by atomic mass is 32.2. The van der Waals surface area contributed by atoms with Crippen molar-refractivity contribution in [1.29, 1.82) is 0 Å². The zero-order chi connectivity index (χ0) is 27.3. The van der Waals surface area contributed by atoms with E-state index in [4.69, 9.17) is 9.47 Å². The maximum atomic E-state index is 13.2. The van der Waals surface area contributed by atoms with E-state index in [-0.39, 0.29) is 35.4 Å². The minimum Gasteiger partial charge on any atom is -0.507 e. The van der Waals surface area contributed by atoms with Crippen LogP contribution in [0.2, 0.25) is 0 Å². The first-order valence-corrected chi connectivity index (χ1v) is 14.4. The number of aromatic hydroxyl groups is 1. The molecule has 0 saturated heterocycles. The SMILES string of the molecule is CCc1[c]c(OCc2ccc(C(=O)NS(C)(=O)=O)cc2)ccc1C(=O)c1ccc(OC2CCCC2)cc1O. The first-order chi connectivity index (χ1) is 18.1. The molecule has 38 heavy (non-hydrogen) atoms. The number of ketones is 1. The van der Waals surface area contributed by atoms with Gasteiger partial charge in [-0.2, -0.15) is 0 Å². The Kier molecular flexibility index (Phi) is 8.36. The lowest BCUT2D eigenvalue weighted by Gasteiger charge is -2.15. The average Bonchev–Trinajstić information content (AvgIpc) is 3.39. The summed E-state index contributed by atoms with van der Waals surface area (Å²) in [4.78, 5) is 25.2. The maximum Gasteiger partial charge on any atom is 0.264 e. The van der Waals surface area contributed by atoms with E-state index in [9.17, 15) is 23.1 Å². The summed E-state index contributed by atoms with van der Waals surface area (Å²) >= 11 is 0. The molecule has 2 N–H and O–H groups in total. The van der Waals surface area contributed by atoms with Crippen molar-refractivity contribution < 1.29 is 32.6 Å². The third kappa shape index (κ3) is 6.92. The number of carbonyl (C=O) groups excluding carboxylic acids is 2. The summed E-state index contributed by atoms with van der Waals surface area (Å²) in [5.41, 5.74) is 2.26. The molecule has 8 nitrogen and oxygen atoms in total. The summed E-state index contributed by atoms with van der Waals surface area (Å²) < 4.78 is 36.1. The molecule has 4 rings (SSSR count). The molecule has 9 heteroatoms. The Labute approximate surface area is 222 Å². The number of hydrogen-bond donors (Lipinski definition) is 2. The molecule has 3 aromatic carbocycles. The minimum absolute atomic E-state index is 0.124. The van der Waals surface area contributed by atoms with Gasteiger partial charge in [-0.25, -0.2) is 13.1 Å². The standard InChI is InChI=1S/C29H30NO7S/c1-3-20-16-23(36-18-19-8-10-21(11-9-19)29(33)30-38(2,34)35)12-14-25(20)28(32)26-15-13-24(17-27(26)31)37-22-6-4-5-7-22/h8-15,17,22,31H,3-7,18H2,1-2H3,(H,30,33). The van der Waals surface area contributed by atoms with Gasteiger partial charge < -0.3 is 14.6 Å². The molecule has 0 aliphatic heterocycles. The van der Waals surface area contributed by atoms with E-state index in [1.165, 1.54) is 18.2 Å². The van der Waals surface area contributed by atoms with Crippen LogP contribution in [0.3, 0.4) is 0 Å². The third-order valence-corrected chi connectivity index (χ3v) is 6.86. The van der Waals surface area contributed by atoms with Crippen LogP contribution in [-0.4, -0.2) is 37.6 Å². The lowest BCUT2D eigenvalue weighted by molar-refractivity contribution is 0.0980. The summed E-state index contributed by atoms with van der Waals surface area (Å²) in [6, 6.07) is 17.6. The topological polar surface area (TPSA) is 119 Å². The molecule has 1 saturated carbocycles. The van der Waals surface area contributed by atoms with Gasteiger partial charge in [0.05, 0.1) is 17.9 Å². The van der Waals surface area contributed by atoms with Crippen molar-refractivity contribution in [2.45, 2.75) is 51.7 Å². The molecular formula is C29H30NO7S. The van der Waals surface area contributed by atoms with Gasteiger partial charge in [-0.1, -0.05) is 19.1 Å². The van der Waals surface area contributed by atoms with Crippen molar-refractivity contribution >= 4 is 21.7 Å². The van der Waals surface area contributed by atoms with Gasteiger partial charge >= 0.3 is 0 Å². The van der Waals surface area contributed by atoms with Gasteiger partial charge in [-0.05, 0) is 79.6 Å². The second-order valence-electron chi connectivity index (χ2n) is 9.29. The van der Waals surface area contributed by atoms with Crippen LogP contribution in [0.4, 0.5) is 0 Å². The largest absolute Gasteiger partial charge is 0.507 e. The van der Waals surface area contributed by atoms with E-state index in [0.29, 0.717) is 29.0 Å². The van der Waals surface area contributed by atoms with Crippen LogP contribution in [0.5, 0.6) is 17.2 Å². The summed E-state index contributed by atoms with van der Waals surface area (Å²) in [7, 11) is -3.64. The van der Waals surface area contributed by atoms with Gasteiger partial charge in [-0.3, -0.25) is 9.59 Å². The van der Waals surface area contributed by atoms with Crippen LogP contribution in [-0.2, 0) is 23.1 Å². The number of benzene rings is 3. The molecule has 0 atom stereocenters. The lowest BCUT2D eigenvalue weighted by atomic mass is 9.96. The fourth-order valence-corrected chi connectivity index (χ4v) is 4.81. The van der Waals surface area contributed by atoms with Crippen LogP contribution in [0.25, 0.3) is 0 Å². The van der Waals surface area contributed by atoms with Crippen LogP contribution < -0.4 is 14.2 Å². The highest BCUT2D eigenvalue weighted by molar-refractivity contribution is 7.89. The highest BCUT2D eigenvalue weighted by Crippen LogP contribution is 2.31. The smallest absolute Gasteiger partial charge is 0.264 e. The molecule has 0 bridgehead atoms. The van der Waals surface area contributed by atoms with Gasteiger partial charge in [0.15, 0.2) is 5.78 Å². The number of amides is 1. The van der Waals surface area contributed by atoms with Crippen molar-refractivity contribution in [2.75, 3.05) is 6.26 Å². The molecule has 0 spiro atoms. The number of hydrogen-bond acceptors (Lipinski definition) is 7. The zero-order valence-corrected chi connectivity index (χ0v) is 22.1. The van der Waals surface area contributed by atoms with Crippen LogP contribution >= 0.6 is 0 Å². The number of phenols is 1. The summed E-state index contributed by atoms with van der Waals surface area (Å²) in [5.74, 6) is -0.134. The molecule has 0 heterocycles. The number of carbonyl (C=O) groups is 2. The number of ether oxygens (including phenoxy) is 2. The van der Waals surface area contributed by atoms with E-state index in [2.05, 4.69) is 6.07 Å². The molecule has 1 aliphatic rings. The number of rotatable bonds is 10. The quantitative estimate of drug-likeness (QED) is 0.364. The monoisotopic (exact) mass is 536 g/mol. The van der Waals surface area contributed by atoms with Crippen molar-refractivity contribution in [3.05, 3.63) is 88.5 Å². The Bertz CT molecular complexity index is 1430. The fraction of sp³-hybridized carbons (Fsp3) is 0.310. The van der Waals surface area contributed by atoms with Crippen LogP contribution in [0.15, 0.2) is 54.6 Å². The Morgan fingerprint density at radius 3 is 2.34 bits per heavy atom. The maximum absolute atomic E-state index is 13.2. The molecule has 1 fully saturated rings. The van der Waals surface area contributed by atoms with Crippen molar-refractivity contribution in [1.82, 2.24) is 4.72 Å². The molecule has 1 aliphatic carbocycles. The number of nitrogens with one attached hydrogen (secondary N) is 1. The minimum atomic E-state index is -3.64. The molecule has 3 aromatic rings. The Hall–Kier alpha value is -3.85. The molecule has 0 unspecified atom stereocenters. The second-order valence-corrected chi connectivity index (χ2v) is 11.0. The van der Waals surface area contributed by atoms with Gasteiger partial charge in [-0.15, -0.1) is 0 Å². The predicted octanol–water partition coefficient (Wildman–Crippen LogP) is 4.58. The number of phenolic OH excluding ortho intramolecular Hbond substituents is 1. The summed E-state index contributed by atoms with van der Waals surface area (Å²) in [5, 5.41) is 10.5. The fourth-order valence-electron chi connectivity index (χ4n) is 4.35. The van der Waals surface area contributed by atoms with Gasteiger partial charge in [0.25, 0.3) is 5.91 Å². The summed E-state index contributed by atoms with van der Waals surface area (Å²) in [6.45, 7) is 2.09. The Morgan fingerprint density at radius 2 is 1.71 bits per heavy atom. The first kappa shape index (κ1) is 27.2. The first-order valence-electron chi connectivity index (χ1n) is 12.5. The normalized spacial score (nSPS) is 13.7. The van der Waals surface area contributed by atoms with E-state index in [1.54, 1.807) is 36.4 Å². The molecular weight excluding hydrogens is 506 g/mol. The van der Waals surface area contributed by atoms with Gasteiger partial charge in [0, 0.05) is 23.3 Å². The second kappa shape index (κ2) is 11.7. The number of sulfonamides is 1. The Morgan fingerprint density at radius 1 is 1.03 bits per heavy atom. The molecule has 1 radical (unpaired) electrons. The van der Waals surface area contributed by atoms with Gasteiger partial charge in [0.1, 0.15) is 23.9 Å². The van der Waals surface area contributed by atoms with Crippen molar-refractivity contribution in [2.24, 2.45) is 0 Å². The number of aryl methyl sites for hydroxylation is 1. The summed E-state index contributed by atoms with van der Waals surface area (Å²) in [6.07, 6.45) is 5.88. The average molecular weight is 537 g/mol. The van der Waals surface area contributed by atoms with Gasteiger partial charge in [0.2, 0.25) is 10.0 Å².